The van der Waals surface area contributed by atoms with E-state index in [1.54, 1.807) is 14.2 Å². The molecule has 2 aliphatic rings. The van der Waals surface area contributed by atoms with Gasteiger partial charge in [-0.3, -0.25) is 4.99 Å². The first kappa shape index (κ1) is 23.5. The van der Waals surface area contributed by atoms with E-state index < -0.39 is 0 Å². The number of anilines is 1. The van der Waals surface area contributed by atoms with Crippen LogP contribution in [0.15, 0.2) is 23.2 Å². The maximum absolute atomic E-state index is 5.73. The van der Waals surface area contributed by atoms with E-state index in [0.29, 0.717) is 12.6 Å². The Balaban J connectivity index is 1.44. The van der Waals surface area contributed by atoms with E-state index in [-0.39, 0.29) is 6.10 Å². The molecule has 8 nitrogen and oxygen atoms in total. The zero-order valence-corrected chi connectivity index (χ0v) is 19.2. The second kappa shape index (κ2) is 12.6. The highest BCUT2D eigenvalue weighted by Crippen LogP contribution is 2.30. The number of guanidine groups is 1. The molecule has 174 valence electrons. The van der Waals surface area contributed by atoms with Crippen LogP contribution in [0.2, 0.25) is 0 Å². The smallest absolute Gasteiger partial charge is 0.191 e. The standard InChI is InChI=1S/C23H38N4O4/c1-4-24-23(25-9-6-11-30-17-20-7-5-12-31-20)26-18-8-10-27(16-18)19-13-21(28-2)15-22(14-19)29-3/h13-15,18,20H,4-12,16-17H2,1-3H3,(H2,24,25,26). The van der Waals surface area contributed by atoms with Crippen LogP contribution in [0, 0.1) is 0 Å². The molecule has 31 heavy (non-hydrogen) atoms. The fourth-order valence-electron chi connectivity index (χ4n) is 3.95. The number of methoxy groups -OCH3 is 2. The van der Waals surface area contributed by atoms with Gasteiger partial charge in [0.15, 0.2) is 5.96 Å². The van der Waals surface area contributed by atoms with Crippen molar-refractivity contribution in [1.29, 1.82) is 0 Å². The Morgan fingerprint density at radius 2 is 2.00 bits per heavy atom. The van der Waals surface area contributed by atoms with Gasteiger partial charge in [0.05, 0.1) is 26.9 Å². The average Bonchev–Trinajstić information content (AvgIpc) is 3.48. The third kappa shape index (κ3) is 7.47. The number of hydrogen-bond donors (Lipinski definition) is 2. The molecule has 0 spiro atoms. The van der Waals surface area contributed by atoms with Crippen LogP contribution in [0.25, 0.3) is 0 Å². The minimum atomic E-state index is 0.289. The molecular weight excluding hydrogens is 396 g/mol. The summed E-state index contributed by atoms with van der Waals surface area (Å²) >= 11 is 0. The van der Waals surface area contributed by atoms with E-state index in [4.69, 9.17) is 23.9 Å². The van der Waals surface area contributed by atoms with Crippen molar-refractivity contribution in [3.05, 3.63) is 18.2 Å². The number of rotatable bonds is 11. The van der Waals surface area contributed by atoms with Crippen LogP contribution in [-0.2, 0) is 9.47 Å². The maximum Gasteiger partial charge on any atom is 0.191 e. The van der Waals surface area contributed by atoms with Gasteiger partial charge in [0.1, 0.15) is 11.5 Å². The van der Waals surface area contributed by atoms with E-state index in [0.717, 1.165) is 88.2 Å². The monoisotopic (exact) mass is 434 g/mol. The summed E-state index contributed by atoms with van der Waals surface area (Å²) in [6, 6.07) is 6.35. The number of aliphatic imine (C=N–C) groups is 1. The summed E-state index contributed by atoms with van der Waals surface area (Å²) in [7, 11) is 3.36. The highest BCUT2D eigenvalue weighted by molar-refractivity contribution is 5.80. The van der Waals surface area contributed by atoms with Gasteiger partial charge >= 0.3 is 0 Å². The number of nitrogens with one attached hydrogen (secondary N) is 2. The van der Waals surface area contributed by atoms with Gasteiger partial charge in [-0.1, -0.05) is 0 Å². The number of nitrogens with zero attached hydrogens (tertiary/aromatic N) is 2. The van der Waals surface area contributed by atoms with Crippen LogP contribution in [0.5, 0.6) is 11.5 Å². The first-order valence-electron chi connectivity index (χ1n) is 11.4. The third-order valence-electron chi connectivity index (χ3n) is 5.62. The molecule has 0 radical (unpaired) electrons. The SMILES string of the molecule is CCNC(=NCCCOCC1CCCO1)NC1CCN(c2cc(OC)cc(OC)c2)C1. The summed E-state index contributed by atoms with van der Waals surface area (Å²) in [6.07, 6.45) is 4.52. The molecule has 1 aromatic carbocycles. The highest BCUT2D eigenvalue weighted by atomic mass is 16.5. The van der Waals surface area contributed by atoms with Crippen molar-refractivity contribution in [3.8, 4) is 11.5 Å². The molecule has 3 rings (SSSR count). The molecular formula is C23H38N4O4. The first-order valence-corrected chi connectivity index (χ1v) is 11.4. The van der Waals surface area contributed by atoms with Gasteiger partial charge in [-0.05, 0) is 32.6 Å². The largest absolute Gasteiger partial charge is 0.497 e. The second-order valence-electron chi connectivity index (χ2n) is 7.97. The van der Waals surface area contributed by atoms with E-state index in [1.807, 2.05) is 6.07 Å². The molecule has 2 fully saturated rings. The molecule has 2 heterocycles. The van der Waals surface area contributed by atoms with Gasteiger partial charge in [0, 0.05) is 69.3 Å². The lowest BCUT2D eigenvalue weighted by atomic mass is 10.2. The zero-order chi connectivity index (χ0) is 21.9. The quantitative estimate of drug-likeness (QED) is 0.315. The Kier molecular flexibility index (Phi) is 9.55. The first-order chi connectivity index (χ1) is 15.2. The summed E-state index contributed by atoms with van der Waals surface area (Å²) in [5.41, 5.74) is 1.12. The van der Waals surface area contributed by atoms with Crippen molar-refractivity contribution in [2.45, 2.75) is 44.8 Å². The second-order valence-corrected chi connectivity index (χ2v) is 7.97. The van der Waals surface area contributed by atoms with Crippen LogP contribution < -0.4 is 25.0 Å². The molecule has 8 heteroatoms. The molecule has 2 N–H and O–H groups in total. The minimum Gasteiger partial charge on any atom is -0.497 e. The van der Waals surface area contributed by atoms with Crippen LogP contribution in [0.1, 0.15) is 32.6 Å². The Hall–Kier alpha value is -2.19. The Labute approximate surface area is 186 Å². The lowest BCUT2D eigenvalue weighted by Crippen LogP contribution is -2.44. The lowest BCUT2D eigenvalue weighted by molar-refractivity contribution is 0.0171. The fourth-order valence-corrected chi connectivity index (χ4v) is 3.95. The van der Waals surface area contributed by atoms with Crippen LogP contribution >= 0.6 is 0 Å². The van der Waals surface area contributed by atoms with Crippen LogP contribution in [-0.4, -0.2) is 78.3 Å². The molecule has 1 aromatic rings. The van der Waals surface area contributed by atoms with Gasteiger partial charge in [0.2, 0.25) is 0 Å². The summed E-state index contributed by atoms with van der Waals surface area (Å²) in [4.78, 5) is 7.08. The van der Waals surface area contributed by atoms with Gasteiger partial charge in [-0.2, -0.15) is 0 Å². The predicted octanol–water partition coefficient (Wildman–Crippen LogP) is 2.42. The molecule has 2 aliphatic heterocycles. The number of ether oxygens (including phenoxy) is 4. The van der Waals surface area contributed by atoms with Crippen molar-refractivity contribution in [2.75, 3.05) is 65.1 Å². The van der Waals surface area contributed by atoms with E-state index in [1.165, 1.54) is 0 Å². The number of hydrogen-bond acceptors (Lipinski definition) is 6. The molecule has 0 amide bonds. The lowest BCUT2D eigenvalue weighted by Gasteiger charge is -2.21. The van der Waals surface area contributed by atoms with Gasteiger partial charge in [-0.25, -0.2) is 0 Å². The molecule has 0 aromatic heterocycles. The van der Waals surface area contributed by atoms with Crippen LogP contribution in [0.3, 0.4) is 0 Å². The predicted molar refractivity (Wildman–Crippen MR) is 124 cm³/mol. The minimum absolute atomic E-state index is 0.289. The van der Waals surface area contributed by atoms with Crippen molar-refractivity contribution >= 4 is 11.6 Å². The molecule has 2 saturated heterocycles. The Morgan fingerprint density at radius 1 is 1.19 bits per heavy atom. The average molecular weight is 435 g/mol. The molecule has 0 bridgehead atoms. The van der Waals surface area contributed by atoms with Gasteiger partial charge < -0.3 is 34.5 Å². The van der Waals surface area contributed by atoms with Gasteiger partial charge in [-0.15, -0.1) is 0 Å². The van der Waals surface area contributed by atoms with Crippen molar-refractivity contribution in [1.82, 2.24) is 10.6 Å². The number of benzene rings is 1. The fraction of sp³-hybridized carbons (Fsp3) is 0.696. The summed E-state index contributed by atoms with van der Waals surface area (Å²) in [6.45, 7) is 7.85. The van der Waals surface area contributed by atoms with Gasteiger partial charge in [0.25, 0.3) is 0 Å². The zero-order valence-electron chi connectivity index (χ0n) is 19.2. The van der Waals surface area contributed by atoms with E-state index in [2.05, 4.69) is 34.6 Å². The van der Waals surface area contributed by atoms with Crippen molar-refractivity contribution in [2.24, 2.45) is 4.99 Å². The Bertz CT molecular complexity index is 672. The summed E-state index contributed by atoms with van der Waals surface area (Å²) in [5.74, 6) is 2.49. The molecule has 0 saturated carbocycles. The van der Waals surface area contributed by atoms with Crippen LogP contribution in [0.4, 0.5) is 5.69 Å². The molecule has 2 atom stereocenters. The topological polar surface area (TPSA) is 76.6 Å². The van der Waals surface area contributed by atoms with Crippen molar-refractivity contribution in [3.63, 3.8) is 0 Å². The van der Waals surface area contributed by atoms with Crippen molar-refractivity contribution < 1.29 is 18.9 Å². The Morgan fingerprint density at radius 3 is 2.68 bits per heavy atom. The van der Waals surface area contributed by atoms with E-state index >= 15 is 0 Å². The molecule has 2 unspecified atom stereocenters. The maximum atomic E-state index is 5.73. The summed E-state index contributed by atoms with van der Waals surface area (Å²) < 4.78 is 22.1. The van der Waals surface area contributed by atoms with E-state index in [9.17, 15) is 0 Å². The highest BCUT2D eigenvalue weighted by Gasteiger charge is 2.24. The normalized spacial score (nSPS) is 21.4. The third-order valence-corrected chi connectivity index (χ3v) is 5.62. The summed E-state index contributed by atoms with van der Waals surface area (Å²) in [5, 5.41) is 6.94. The molecule has 0 aliphatic carbocycles.